The molecule has 5 heteroatoms. The highest BCUT2D eigenvalue weighted by molar-refractivity contribution is 9.10. The summed E-state index contributed by atoms with van der Waals surface area (Å²) in [5.41, 5.74) is 5.80. The Morgan fingerprint density at radius 1 is 1.69 bits per heavy atom. The zero-order valence-corrected chi connectivity index (χ0v) is 8.63. The van der Waals surface area contributed by atoms with E-state index in [2.05, 4.69) is 21.2 Å². The van der Waals surface area contributed by atoms with Crippen molar-refractivity contribution in [1.82, 2.24) is 5.32 Å². The molecule has 0 saturated heterocycles. The average Bonchev–Trinajstić information content (AvgIpc) is 2.52. The molecule has 0 bridgehead atoms. The molecule has 1 aromatic heterocycles. The number of nitrogens with two attached hydrogens (primary N) is 1. The molecule has 13 heavy (non-hydrogen) atoms. The minimum absolute atomic E-state index is 0.144. The van der Waals surface area contributed by atoms with Gasteiger partial charge >= 0.3 is 0 Å². The normalized spacial score (nSPS) is 10.0. The van der Waals surface area contributed by atoms with Crippen LogP contribution in [-0.4, -0.2) is 19.0 Å². The van der Waals surface area contributed by atoms with Crippen molar-refractivity contribution in [1.29, 1.82) is 0 Å². The Labute approximate surface area is 84.6 Å². The van der Waals surface area contributed by atoms with Crippen LogP contribution in [0.3, 0.4) is 0 Å². The molecule has 0 fully saturated rings. The van der Waals surface area contributed by atoms with Crippen LogP contribution in [0, 0.1) is 0 Å². The van der Waals surface area contributed by atoms with Gasteiger partial charge < -0.3 is 15.5 Å². The van der Waals surface area contributed by atoms with Gasteiger partial charge in [0.15, 0.2) is 4.67 Å². The largest absolute Gasteiger partial charge is 0.457 e. The maximum Gasteiger partial charge on any atom is 0.255 e. The van der Waals surface area contributed by atoms with Gasteiger partial charge in [-0.05, 0) is 35.0 Å². The van der Waals surface area contributed by atoms with Crippen LogP contribution in [0.1, 0.15) is 16.8 Å². The molecule has 0 atom stereocenters. The monoisotopic (exact) mass is 246 g/mol. The first kappa shape index (κ1) is 10.3. The van der Waals surface area contributed by atoms with E-state index in [-0.39, 0.29) is 5.91 Å². The number of nitrogens with one attached hydrogen (secondary N) is 1. The predicted molar refractivity (Wildman–Crippen MR) is 52.4 cm³/mol. The summed E-state index contributed by atoms with van der Waals surface area (Å²) < 4.78 is 5.38. The molecule has 0 saturated carbocycles. The van der Waals surface area contributed by atoms with Crippen molar-refractivity contribution in [3.05, 3.63) is 22.6 Å². The van der Waals surface area contributed by atoms with Crippen molar-refractivity contribution >= 4 is 21.8 Å². The van der Waals surface area contributed by atoms with E-state index in [4.69, 9.17) is 10.2 Å². The number of hydrogen-bond acceptors (Lipinski definition) is 3. The van der Waals surface area contributed by atoms with E-state index in [9.17, 15) is 4.79 Å². The minimum atomic E-state index is -0.144. The standard InChI is InChI=1S/C8H11BrN2O2/c9-7-6(2-5-13-7)8(12)11-4-1-3-10/h2,5H,1,3-4,10H2,(H,11,12). The number of furan rings is 1. The topological polar surface area (TPSA) is 68.3 Å². The molecule has 1 amide bonds. The number of hydrogen-bond donors (Lipinski definition) is 2. The molecule has 0 radical (unpaired) electrons. The fourth-order valence-corrected chi connectivity index (χ4v) is 1.28. The molecule has 1 heterocycles. The molecule has 1 rings (SSSR count). The fraction of sp³-hybridized carbons (Fsp3) is 0.375. The lowest BCUT2D eigenvalue weighted by Gasteiger charge is -2.01. The number of carbonyl (C=O) groups is 1. The van der Waals surface area contributed by atoms with E-state index < -0.39 is 0 Å². The fourth-order valence-electron chi connectivity index (χ4n) is 0.855. The van der Waals surface area contributed by atoms with Gasteiger partial charge in [-0.15, -0.1) is 0 Å². The second-order valence-corrected chi connectivity index (χ2v) is 3.23. The molecular formula is C8H11BrN2O2. The van der Waals surface area contributed by atoms with Crippen molar-refractivity contribution in [2.45, 2.75) is 6.42 Å². The first-order valence-corrected chi connectivity index (χ1v) is 4.76. The van der Waals surface area contributed by atoms with Crippen LogP contribution < -0.4 is 11.1 Å². The van der Waals surface area contributed by atoms with Gasteiger partial charge in [-0.1, -0.05) is 0 Å². The highest BCUT2D eigenvalue weighted by Crippen LogP contribution is 2.16. The van der Waals surface area contributed by atoms with E-state index >= 15 is 0 Å². The van der Waals surface area contributed by atoms with Crippen LogP contribution in [0.2, 0.25) is 0 Å². The quantitative estimate of drug-likeness (QED) is 0.783. The summed E-state index contributed by atoms with van der Waals surface area (Å²) in [5.74, 6) is -0.144. The van der Waals surface area contributed by atoms with Gasteiger partial charge in [0, 0.05) is 6.54 Å². The molecule has 0 spiro atoms. The first-order chi connectivity index (χ1) is 6.25. The van der Waals surface area contributed by atoms with Gasteiger partial charge in [0.05, 0.1) is 11.8 Å². The third-order valence-corrected chi connectivity index (χ3v) is 2.14. The maximum atomic E-state index is 11.4. The smallest absolute Gasteiger partial charge is 0.255 e. The third kappa shape index (κ3) is 2.86. The number of carbonyl (C=O) groups excluding carboxylic acids is 1. The lowest BCUT2D eigenvalue weighted by atomic mass is 10.3. The Kier molecular flexibility index (Phi) is 3.98. The summed E-state index contributed by atoms with van der Waals surface area (Å²) in [5, 5.41) is 2.72. The second-order valence-electron chi connectivity index (χ2n) is 2.51. The Morgan fingerprint density at radius 2 is 2.46 bits per heavy atom. The molecule has 72 valence electrons. The molecule has 0 aromatic carbocycles. The molecular weight excluding hydrogens is 236 g/mol. The lowest BCUT2D eigenvalue weighted by molar-refractivity contribution is 0.0952. The van der Waals surface area contributed by atoms with E-state index in [0.29, 0.717) is 23.3 Å². The van der Waals surface area contributed by atoms with Crippen LogP contribution in [0.25, 0.3) is 0 Å². The van der Waals surface area contributed by atoms with Gasteiger partial charge in [0.2, 0.25) is 0 Å². The van der Waals surface area contributed by atoms with Crippen LogP contribution in [0.15, 0.2) is 21.4 Å². The highest BCUT2D eigenvalue weighted by Gasteiger charge is 2.10. The van der Waals surface area contributed by atoms with Crippen molar-refractivity contribution in [3.63, 3.8) is 0 Å². The van der Waals surface area contributed by atoms with Crippen LogP contribution in [0.5, 0.6) is 0 Å². The van der Waals surface area contributed by atoms with Crippen molar-refractivity contribution < 1.29 is 9.21 Å². The molecule has 1 aromatic rings. The van der Waals surface area contributed by atoms with E-state index in [1.54, 1.807) is 6.07 Å². The van der Waals surface area contributed by atoms with E-state index in [1.165, 1.54) is 6.26 Å². The highest BCUT2D eigenvalue weighted by atomic mass is 79.9. The van der Waals surface area contributed by atoms with Crippen LogP contribution >= 0.6 is 15.9 Å². The first-order valence-electron chi connectivity index (χ1n) is 3.97. The number of amides is 1. The van der Waals surface area contributed by atoms with Gasteiger partial charge in [-0.2, -0.15) is 0 Å². The average molecular weight is 247 g/mol. The zero-order chi connectivity index (χ0) is 9.68. The van der Waals surface area contributed by atoms with Gasteiger partial charge in [0.25, 0.3) is 5.91 Å². The van der Waals surface area contributed by atoms with Gasteiger partial charge in [-0.25, -0.2) is 0 Å². The molecule has 0 unspecified atom stereocenters. The third-order valence-electron chi connectivity index (χ3n) is 1.53. The minimum Gasteiger partial charge on any atom is -0.457 e. The van der Waals surface area contributed by atoms with Crippen molar-refractivity contribution in [3.8, 4) is 0 Å². The second kappa shape index (κ2) is 5.04. The van der Waals surface area contributed by atoms with Gasteiger partial charge in [0.1, 0.15) is 0 Å². The van der Waals surface area contributed by atoms with Crippen LogP contribution in [0.4, 0.5) is 0 Å². The number of halogens is 1. The molecule has 3 N–H and O–H groups in total. The Morgan fingerprint density at radius 3 is 3.00 bits per heavy atom. The summed E-state index contributed by atoms with van der Waals surface area (Å²) in [4.78, 5) is 11.4. The Hall–Kier alpha value is -0.810. The summed E-state index contributed by atoms with van der Waals surface area (Å²) in [7, 11) is 0. The zero-order valence-electron chi connectivity index (χ0n) is 7.05. The molecule has 4 nitrogen and oxygen atoms in total. The molecule has 0 aliphatic carbocycles. The molecule has 0 aliphatic rings. The maximum absolute atomic E-state index is 11.4. The summed E-state index contributed by atoms with van der Waals surface area (Å²) in [6.07, 6.45) is 2.24. The summed E-state index contributed by atoms with van der Waals surface area (Å²) in [6, 6.07) is 1.61. The lowest BCUT2D eigenvalue weighted by Crippen LogP contribution is -2.25. The summed E-state index contributed by atoms with van der Waals surface area (Å²) >= 11 is 3.12. The predicted octanol–water partition coefficient (Wildman–Crippen LogP) is 1.12. The van der Waals surface area contributed by atoms with Gasteiger partial charge in [-0.3, -0.25) is 4.79 Å². The number of rotatable bonds is 4. The van der Waals surface area contributed by atoms with E-state index in [0.717, 1.165) is 6.42 Å². The Bertz CT molecular complexity index is 285. The van der Waals surface area contributed by atoms with E-state index in [1.807, 2.05) is 0 Å². The SMILES string of the molecule is NCCCNC(=O)c1ccoc1Br. The summed E-state index contributed by atoms with van der Waals surface area (Å²) in [6.45, 7) is 1.17. The Balaban J connectivity index is 2.45. The van der Waals surface area contributed by atoms with Crippen LogP contribution in [-0.2, 0) is 0 Å². The van der Waals surface area contributed by atoms with Crippen molar-refractivity contribution in [2.24, 2.45) is 5.73 Å². The van der Waals surface area contributed by atoms with Crippen molar-refractivity contribution in [2.75, 3.05) is 13.1 Å². The molecule has 0 aliphatic heterocycles.